The lowest BCUT2D eigenvalue weighted by molar-refractivity contribution is 0.0939. The first kappa shape index (κ1) is 18.4. The molecule has 1 unspecified atom stereocenters. The summed E-state index contributed by atoms with van der Waals surface area (Å²) in [4.78, 5) is 24.8. The predicted octanol–water partition coefficient (Wildman–Crippen LogP) is 4.74. The SMILES string of the molecule is Cc1ccccc1C(=O)Nc1ccc(C(=O)NC(C)c2ccccc2)cc1. The molecule has 0 aliphatic carbocycles. The molecule has 0 aromatic heterocycles. The first-order valence-electron chi connectivity index (χ1n) is 8.87. The number of amides is 2. The molecule has 3 rings (SSSR count). The molecule has 2 amide bonds. The summed E-state index contributed by atoms with van der Waals surface area (Å²) in [6.07, 6.45) is 0. The highest BCUT2D eigenvalue weighted by Crippen LogP contribution is 2.15. The molecule has 0 saturated carbocycles. The Balaban J connectivity index is 1.64. The second-order valence-electron chi connectivity index (χ2n) is 6.45. The van der Waals surface area contributed by atoms with Crippen molar-refractivity contribution in [2.24, 2.45) is 0 Å². The second-order valence-corrected chi connectivity index (χ2v) is 6.45. The van der Waals surface area contributed by atoms with Crippen LogP contribution in [0.15, 0.2) is 78.9 Å². The minimum absolute atomic E-state index is 0.0841. The van der Waals surface area contributed by atoms with Crippen LogP contribution in [0.3, 0.4) is 0 Å². The monoisotopic (exact) mass is 358 g/mol. The van der Waals surface area contributed by atoms with Gasteiger partial charge in [-0.3, -0.25) is 9.59 Å². The molecule has 3 aromatic rings. The first-order chi connectivity index (χ1) is 13.0. The standard InChI is InChI=1S/C23H22N2O2/c1-16-8-6-7-11-21(16)23(27)25-20-14-12-19(13-15-20)22(26)24-17(2)18-9-4-3-5-10-18/h3-15,17H,1-2H3,(H,24,26)(H,25,27). The van der Waals surface area contributed by atoms with Gasteiger partial charge in [0.15, 0.2) is 0 Å². The lowest BCUT2D eigenvalue weighted by Crippen LogP contribution is -2.26. The van der Waals surface area contributed by atoms with Gasteiger partial charge in [0.2, 0.25) is 0 Å². The Morgan fingerprint density at radius 2 is 1.41 bits per heavy atom. The van der Waals surface area contributed by atoms with E-state index in [9.17, 15) is 9.59 Å². The van der Waals surface area contributed by atoms with Gasteiger partial charge in [0.05, 0.1) is 6.04 Å². The Hall–Kier alpha value is -3.40. The molecule has 0 bridgehead atoms. The van der Waals surface area contributed by atoms with Crippen molar-refractivity contribution in [1.29, 1.82) is 0 Å². The number of carbonyl (C=O) groups is 2. The van der Waals surface area contributed by atoms with Crippen LogP contribution < -0.4 is 10.6 Å². The molecule has 2 N–H and O–H groups in total. The van der Waals surface area contributed by atoms with Crippen LogP contribution >= 0.6 is 0 Å². The molecule has 0 radical (unpaired) electrons. The molecule has 0 spiro atoms. The lowest BCUT2D eigenvalue weighted by atomic mass is 10.1. The van der Waals surface area contributed by atoms with Crippen molar-refractivity contribution < 1.29 is 9.59 Å². The first-order valence-corrected chi connectivity index (χ1v) is 8.87. The van der Waals surface area contributed by atoms with Crippen molar-refractivity contribution in [3.8, 4) is 0 Å². The zero-order chi connectivity index (χ0) is 19.2. The van der Waals surface area contributed by atoms with E-state index in [2.05, 4.69) is 10.6 Å². The summed E-state index contributed by atoms with van der Waals surface area (Å²) >= 11 is 0. The van der Waals surface area contributed by atoms with Gasteiger partial charge in [-0.1, -0.05) is 48.5 Å². The Morgan fingerprint density at radius 1 is 0.778 bits per heavy atom. The fraction of sp³-hybridized carbons (Fsp3) is 0.130. The summed E-state index contributed by atoms with van der Waals surface area (Å²) in [7, 11) is 0. The molecule has 0 aliphatic rings. The number of nitrogens with one attached hydrogen (secondary N) is 2. The van der Waals surface area contributed by atoms with Crippen molar-refractivity contribution in [1.82, 2.24) is 5.32 Å². The number of hydrogen-bond acceptors (Lipinski definition) is 2. The number of carbonyl (C=O) groups excluding carboxylic acids is 2. The van der Waals surface area contributed by atoms with E-state index < -0.39 is 0 Å². The van der Waals surface area contributed by atoms with Crippen LogP contribution in [0.25, 0.3) is 0 Å². The van der Waals surface area contributed by atoms with Gasteiger partial charge in [0.25, 0.3) is 11.8 Å². The molecule has 1 atom stereocenters. The van der Waals surface area contributed by atoms with Gasteiger partial charge in [-0.25, -0.2) is 0 Å². The average Bonchev–Trinajstić information content (AvgIpc) is 2.69. The van der Waals surface area contributed by atoms with Crippen molar-refractivity contribution in [2.75, 3.05) is 5.32 Å². The highest BCUT2D eigenvalue weighted by Gasteiger charge is 2.12. The summed E-state index contributed by atoms with van der Waals surface area (Å²) in [5.41, 5.74) is 3.80. The van der Waals surface area contributed by atoms with Crippen molar-refractivity contribution in [3.63, 3.8) is 0 Å². The smallest absolute Gasteiger partial charge is 0.255 e. The molecule has 4 nitrogen and oxygen atoms in total. The second kappa shape index (κ2) is 8.32. The number of hydrogen-bond donors (Lipinski definition) is 2. The van der Waals surface area contributed by atoms with Crippen LogP contribution in [-0.2, 0) is 0 Å². The molecule has 0 aliphatic heterocycles. The Labute approximate surface area is 159 Å². The van der Waals surface area contributed by atoms with E-state index in [0.717, 1.165) is 11.1 Å². The maximum absolute atomic E-state index is 12.4. The lowest BCUT2D eigenvalue weighted by Gasteiger charge is -2.14. The molecule has 4 heteroatoms. The van der Waals surface area contributed by atoms with E-state index in [0.29, 0.717) is 16.8 Å². The molecule has 3 aromatic carbocycles. The average molecular weight is 358 g/mol. The summed E-state index contributed by atoms with van der Waals surface area (Å²) < 4.78 is 0. The zero-order valence-electron chi connectivity index (χ0n) is 15.4. The highest BCUT2D eigenvalue weighted by molar-refractivity contribution is 6.05. The largest absolute Gasteiger partial charge is 0.346 e. The van der Waals surface area contributed by atoms with Gasteiger partial charge in [-0.05, 0) is 55.3 Å². The van der Waals surface area contributed by atoms with E-state index in [1.54, 1.807) is 30.3 Å². The molecule has 0 fully saturated rings. The maximum atomic E-state index is 12.4. The third kappa shape index (κ3) is 4.61. The van der Waals surface area contributed by atoms with Gasteiger partial charge in [-0.15, -0.1) is 0 Å². The Morgan fingerprint density at radius 3 is 2.07 bits per heavy atom. The third-order valence-electron chi connectivity index (χ3n) is 4.44. The summed E-state index contributed by atoms with van der Waals surface area (Å²) in [6.45, 7) is 3.85. The van der Waals surface area contributed by atoms with Gasteiger partial charge in [0.1, 0.15) is 0 Å². The summed E-state index contributed by atoms with van der Waals surface area (Å²) in [5.74, 6) is -0.314. The normalized spacial score (nSPS) is 11.5. The summed E-state index contributed by atoms with van der Waals surface area (Å²) in [5, 5.41) is 5.84. The highest BCUT2D eigenvalue weighted by atomic mass is 16.2. The molecule has 27 heavy (non-hydrogen) atoms. The molecule has 136 valence electrons. The zero-order valence-corrected chi connectivity index (χ0v) is 15.4. The summed E-state index contributed by atoms with van der Waals surface area (Å²) in [6, 6.07) is 24.0. The van der Waals surface area contributed by atoms with Gasteiger partial charge in [-0.2, -0.15) is 0 Å². The van der Waals surface area contributed by atoms with E-state index in [1.165, 1.54) is 0 Å². The maximum Gasteiger partial charge on any atom is 0.255 e. The Bertz CT molecular complexity index is 934. The van der Waals surface area contributed by atoms with Crippen molar-refractivity contribution in [3.05, 3.63) is 101 Å². The van der Waals surface area contributed by atoms with Gasteiger partial charge < -0.3 is 10.6 Å². The van der Waals surface area contributed by atoms with Crippen LogP contribution in [-0.4, -0.2) is 11.8 Å². The van der Waals surface area contributed by atoms with Crippen LogP contribution in [0.1, 0.15) is 44.8 Å². The number of aryl methyl sites for hydroxylation is 1. The Kier molecular flexibility index (Phi) is 5.67. The molecule has 0 heterocycles. The quantitative estimate of drug-likeness (QED) is 0.692. The predicted molar refractivity (Wildman–Crippen MR) is 108 cm³/mol. The van der Waals surface area contributed by atoms with E-state index >= 15 is 0 Å². The third-order valence-corrected chi connectivity index (χ3v) is 4.44. The number of rotatable bonds is 5. The molecule has 0 saturated heterocycles. The van der Waals surface area contributed by atoms with Crippen LogP contribution in [0.2, 0.25) is 0 Å². The molecular formula is C23H22N2O2. The van der Waals surface area contributed by atoms with Crippen LogP contribution in [0.4, 0.5) is 5.69 Å². The minimum Gasteiger partial charge on any atom is -0.346 e. The van der Waals surface area contributed by atoms with E-state index in [4.69, 9.17) is 0 Å². The van der Waals surface area contributed by atoms with E-state index in [1.807, 2.05) is 62.4 Å². The number of benzene rings is 3. The van der Waals surface area contributed by atoms with Crippen molar-refractivity contribution >= 4 is 17.5 Å². The fourth-order valence-corrected chi connectivity index (χ4v) is 2.84. The van der Waals surface area contributed by atoms with Crippen molar-refractivity contribution in [2.45, 2.75) is 19.9 Å². The van der Waals surface area contributed by atoms with E-state index in [-0.39, 0.29) is 17.9 Å². The topological polar surface area (TPSA) is 58.2 Å². The van der Waals surface area contributed by atoms with Crippen LogP contribution in [0, 0.1) is 6.92 Å². The number of anilines is 1. The van der Waals surface area contributed by atoms with Gasteiger partial charge >= 0.3 is 0 Å². The van der Waals surface area contributed by atoms with Gasteiger partial charge in [0, 0.05) is 16.8 Å². The fourth-order valence-electron chi connectivity index (χ4n) is 2.84. The minimum atomic E-state index is -0.164. The van der Waals surface area contributed by atoms with Crippen LogP contribution in [0.5, 0.6) is 0 Å². The molecular weight excluding hydrogens is 336 g/mol.